The van der Waals surface area contributed by atoms with Gasteiger partial charge in [-0.15, -0.1) is 0 Å². The third-order valence-electron chi connectivity index (χ3n) is 6.11. The lowest BCUT2D eigenvalue weighted by Gasteiger charge is -2.35. The minimum atomic E-state index is -1.20. The molecule has 1 aromatic carbocycles. The molecule has 2 aromatic rings. The van der Waals surface area contributed by atoms with Gasteiger partial charge in [0.15, 0.2) is 16.9 Å². The maximum absolute atomic E-state index is 12.4. The maximum Gasteiger partial charge on any atom is 0.341 e. The first-order chi connectivity index (χ1) is 13.9. The number of hydrogen-bond acceptors (Lipinski definition) is 5. The highest BCUT2D eigenvalue weighted by atomic mass is 16.5. The third kappa shape index (κ3) is 3.40. The molecule has 0 bridgehead atoms. The maximum atomic E-state index is 12.4. The number of fused-ring (bicyclic) bond motifs is 3. The molecular weight excluding hydrogens is 374 g/mol. The fourth-order valence-corrected chi connectivity index (χ4v) is 4.12. The van der Waals surface area contributed by atoms with Gasteiger partial charge in [0.05, 0.1) is 19.4 Å². The Hall–Kier alpha value is -2.80. The Morgan fingerprint density at radius 1 is 1.21 bits per heavy atom. The van der Waals surface area contributed by atoms with Gasteiger partial charge < -0.3 is 23.9 Å². The second-order valence-corrected chi connectivity index (χ2v) is 8.02. The molecule has 154 valence electrons. The predicted molar refractivity (Wildman–Crippen MR) is 107 cm³/mol. The quantitative estimate of drug-likeness (QED) is 0.720. The van der Waals surface area contributed by atoms with Crippen molar-refractivity contribution in [1.82, 2.24) is 4.57 Å². The molecule has 0 amide bonds. The van der Waals surface area contributed by atoms with Crippen LogP contribution in [0, 0.1) is 5.41 Å². The van der Waals surface area contributed by atoms with Crippen molar-refractivity contribution in [3.05, 3.63) is 45.7 Å². The molecule has 1 aliphatic heterocycles. The molecule has 4 rings (SSSR count). The number of hydrogen-bond donors (Lipinski definition) is 1. The Labute approximate surface area is 168 Å². The molecule has 1 N–H and O–H groups in total. The lowest BCUT2D eigenvalue weighted by molar-refractivity contribution is 0.0694. The second-order valence-electron chi connectivity index (χ2n) is 8.02. The van der Waals surface area contributed by atoms with Crippen molar-refractivity contribution in [1.29, 1.82) is 0 Å². The Kier molecular flexibility index (Phi) is 4.86. The van der Waals surface area contributed by atoms with E-state index in [4.69, 9.17) is 14.2 Å². The predicted octanol–water partition coefficient (Wildman–Crippen LogP) is 3.14. The minimum absolute atomic E-state index is 0.0870. The van der Waals surface area contributed by atoms with E-state index in [0.29, 0.717) is 24.7 Å². The molecule has 1 aromatic heterocycles. The number of benzene rings is 1. The summed E-state index contributed by atoms with van der Waals surface area (Å²) in [5.74, 6) is 0.00784. The molecule has 0 radical (unpaired) electrons. The molecule has 0 spiro atoms. The number of carboxylic acid groups (broad SMARTS) is 1. The van der Waals surface area contributed by atoms with E-state index in [9.17, 15) is 14.7 Å². The monoisotopic (exact) mass is 399 g/mol. The summed E-state index contributed by atoms with van der Waals surface area (Å²) in [5, 5.41) is 9.43. The van der Waals surface area contributed by atoms with E-state index in [1.54, 1.807) is 14.2 Å². The van der Waals surface area contributed by atoms with E-state index in [-0.39, 0.29) is 17.0 Å². The fourth-order valence-electron chi connectivity index (χ4n) is 4.12. The Morgan fingerprint density at radius 3 is 2.59 bits per heavy atom. The van der Waals surface area contributed by atoms with E-state index in [0.717, 1.165) is 36.1 Å². The van der Waals surface area contributed by atoms with Crippen molar-refractivity contribution in [3.63, 3.8) is 0 Å². The number of methoxy groups -OCH3 is 2. The van der Waals surface area contributed by atoms with Crippen LogP contribution in [0.2, 0.25) is 0 Å². The number of ether oxygens (including phenoxy) is 3. The highest BCUT2D eigenvalue weighted by Gasteiger charge is 2.47. The summed E-state index contributed by atoms with van der Waals surface area (Å²) in [6, 6.07) is 5.37. The first-order valence-electron chi connectivity index (χ1n) is 9.70. The minimum Gasteiger partial charge on any atom is -0.493 e. The van der Waals surface area contributed by atoms with Crippen molar-refractivity contribution in [2.75, 3.05) is 27.4 Å². The first-order valence-corrected chi connectivity index (χ1v) is 9.70. The average molecular weight is 399 g/mol. The zero-order chi connectivity index (χ0) is 20.8. The number of aromatic carboxylic acids is 1. The van der Waals surface area contributed by atoms with Crippen LogP contribution in [-0.2, 0) is 11.2 Å². The van der Waals surface area contributed by atoms with Gasteiger partial charge in [0.2, 0.25) is 0 Å². The van der Waals surface area contributed by atoms with E-state index in [1.165, 1.54) is 12.3 Å². The van der Waals surface area contributed by atoms with Crippen LogP contribution in [-0.4, -0.2) is 43.1 Å². The van der Waals surface area contributed by atoms with Crippen LogP contribution in [0.1, 0.15) is 41.7 Å². The van der Waals surface area contributed by atoms with Gasteiger partial charge in [-0.2, -0.15) is 0 Å². The summed E-state index contributed by atoms with van der Waals surface area (Å²) >= 11 is 0. The van der Waals surface area contributed by atoms with Gasteiger partial charge in [-0.3, -0.25) is 4.79 Å². The zero-order valence-electron chi connectivity index (χ0n) is 16.9. The normalized spacial score (nSPS) is 18.5. The number of rotatable bonds is 7. The van der Waals surface area contributed by atoms with Gasteiger partial charge in [0.1, 0.15) is 12.2 Å². The van der Waals surface area contributed by atoms with Crippen LogP contribution in [0.3, 0.4) is 0 Å². The van der Waals surface area contributed by atoms with Crippen molar-refractivity contribution < 1.29 is 24.1 Å². The number of pyridine rings is 1. The number of carboxylic acids is 1. The van der Waals surface area contributed by atoms with Crippen LogP contribution in [0.5, 0.6) is 11.5 Å². The molecule has 1 saturated carbocycles. The van der Waals surface area contributed by atoms with E-state index >= 15 is 0 Å². The lowest BCUT2D eigenvalue weighted by atomic mass is 9.84. The van der Waals surface area contributed by atoms with Crippen molar-refractivity contribution in [3.8, 4) is 22.8 Å². The van der Waals surface area contributed by atoms with Gasteiger partial charge in [-0.05, 0) is 42.4 Å². The van der Waals surface area contributed by atoms with Gasteiger partial charge >= 0.3 is 5.97 Å². The Morgan fingerprint density at radius 2 is 1.97 bits per heavy atom. The largest absolute Gasteiger partial charge is 0.493 e. The van der Waals surface area contributed by atoms with Crippen LogP contribution in [0.4, 0.5) is 0 Å². The molecule has 1 fully saturated rings. The van der Waals surface area contributed by atoms with Crippen molar-refractivity contribution in [2.45, 2.75) is 32.2 Å². The molecule has 1 aliphatic carbocycles. The zero-order valence-corrected chi connectivity index (χ0v) is 16.9. The van der Waals surface area contributed by atoms with E-state index in [2.05, 4.69) is 6.92 Å². The third-order valence-corrected chi connectivity index (χ3v) is 6.11. The van der Waals surface area contributed by atoms with E-state index in [1.807, 2.05) is 16.7 Å². The molecule has 7 nitrogen and oxygen atoms in total. The standard InChI is InChI=1S/C22H25NO6/c1-22(4-5-22)20-9-13-8-19(29-7-6-27-2)18(28-3)10-14(13)16-11-17(24)15(21(25)26)12-23(16)20/h8,10-12,20H,4-7,9H2,1-3H3,(H,25,26)/t20-/m1/s1. The molecule has 0 unspecified atom stereocenters. The van der Waals surface area contributed by atoms with Gasteiger partial charge in [0.25, 0.3) is 0 Å². The molecule has 2 heterocycles. The average Bonchev–Trinajstić information content (AvgIpc) is 3.44. The van der Waals surface area contributed by atoms with Crippen LogP contribution in [0.25, 0.3) is 11.3 Å². The summed E-state index contributed by atoms with van der Waals surface area (Å²) in [5.41, 5.74) is 2.07. The molecule has 2 aliphatic rings. The Balaban J connectivity index is 1.87. The number of nitrogens with zero attached hydrogens (tertiary/aromatic N) is 1. The van der Waals surface area contributed by atoms with Crippen LogP contribution in [0.15, 0.2) is 29.2 Å². The summed E-state index contributed by atoms with van der Waals surface area (Å²) in [6.45, 7) is 3.09. The van der Waals surface area contributed by atoms with Crippen molar-refractivity contribution in [2.24, 2.45) is 5.41 Å². The molecular formula is C22H25NO6. The molecule has 0 saturated heterocycles. The lowest BCUT2D eigenvalue weighted by Crippen LogP contribution is -2.29. The number of aromatic nitrogens is 1. The van der Waals surface area contributed by atoms with Crippen LogP contribution < -0.4 is 14.9 Å². The second kappa shape index (κ2) is 7.22. The summed E-state index contributed by atoms with van der Waals surface area (Å²) in [7, 11) is 3.19. The highest BCUT2D eigenvalue weighted by Crippen LogP contribution is 2.57. The summed E-state index contributed by atoms with van der Waals surface area (Å²) < 4.78 is 18.4. The topological polar surface area (TPSA) is 87.0 Å². The first kappa shape index (κ1) is 19.5. The highest BCUT2D eigenvalue weighted by molar-refractivity contribution is 5.88. The molecule has 29 heavy (non-hydrogen) atoms. The molecule has 1 atom stereocenters. The molecule has 7 heteroatoms. The SMILES string of the molecule is COCCOc1cc2c(cc1OC)-c1cc(=O)c(C(=O)O)cn1[C@@H](C1(C)CC1)C2. The smallest absolute Gasteiger partial charge is 0.341 e. The van der Waals surface area contributed by atoms with E-state index < -0.39 is 11.4 Å². The fraction of sp³-hybridized carbons (Fsp3) is 0.455. The Bertz CT molecular complexity index is 1020. The van der Waals surface area contributed by atoms with Gasteiger partial charge in [0, 0.05) is 31.0 Å². The van der Waals surface area contributed by atoms with Gasteiger partial charge in [-0.1, -0.05) is 6.92 Å². The van der Waals surface area contributed by atoms with Crippen LogP contribution >= 0.6 is 0 Å². The summed E-state index contributed by atoms with van der Waals surface area (Å²) in [4.78, 5) is 24.0. The van der Waals surface area contributed by atoms with Gasteiger partial charge in [-0.25, -0.2) is 4.79 Å². The number of carbonyl (C=O) groups is 1. The van der Waals surface area contributed by atoms with Crippen molar-refractivity contribution >= 4 is 5.97 Å². The summed E-state index contributed by atoms with van der Waals surface area (Å²) in [6.07, 6.45) is 4.40.